The number of carbonyl (C=O) groups excluding carboxylic acids is 1. The molecule has 0 radical (unpaired) electrons. The van der Waals surface area contributed by atoms with Gasteiger partial charge in [0.05, 0.1) is 18.8 Å². The predicted octanol–water partition coefficient (Wildman–Crippen LogP) is 2.71. The Labute approximate surface area is 133 Å². The molecule has 2 atom stereocenters. The highest BCUT2D eigenvalue weighted by atomic mass is 16.6. The third-order valence-corrected chi connectivity index (χ3v) is 5.11. The van der Waals surface area contributed by atoms with Gasteiger partial charge < -0.3 is 19.5 Å². The van der Waals surface area contributed by atoms with Crippen LogP contribution < -0.4 is 0 Å². The summed E-state index contributed by atoms with van der Waals surface area (Å²) in [5.41, 5.74) is -1.04. The minimum absolute atomic E-state index is 0.0995. The summed E-state index contributed by atoms with van der Waals surface area (Å²) in [7, 11) is 0. The standard InChI is InChI=1S/C17H29NO4/c1-15(2,3)22-14(19)18-12-5-6-13(18)8-17(20,7-12)9-16(4)10-21-11-16/h12-13,20H,5-11H2,1-4H3. The fourth-order valence-electron chi connectivity index (χ4n) is 4.43. The van der Waals surface area contributed by atoms with Crippen LogP contribution in [0.25, 0.3) is 0 Å². The van der Waals surface area contributed by atoms with Crippen LogP contribution in [0.4, 0.5) is 4.79 Å². The molecule has 5 nitrogen and oxygen atoms in total. The summed E-state index contributed by atoms with van der Waals surface area (Å²) in [6.07, 6.45) is 3.82. The van der Waals surface area contributed by atoms with Gasteiger partial charge in [-0.25, -0.2) is 4.79 Å². The van der Waals surface area contributed by atoms with Crippen LogP contribution in [0.3, 0.4) is 0 Å². The van der Waals surface area contributed by atoms with E-state index in [4.69, 9.17) is 9.47 Å². The molecule has 0 saturated carbocycles. The maximum absolute atomic E-state index is 12.4. The normalized spacial score (nSPS) is 36.9. The van der Waals surface area contributed by atoms with Crippen LogP contribution >= 0.6 is 0 Å². The van der Waals surface area contributed by atoms with E-state index < -0.39 is 11.2 Å². The molecule has 3 aliphatic heterocycles. The molecule has 5 heteroatoms. The molecule has 1 amide bonds. The van der Waals surface area contributed by atoms with Crippen LogP contribution in [0.2, 0.25) is 0 Å². The van der Waals surface area contributed by atoms with Crippen molar-refractivity contribution in [1.29, 1.82) is 0 Å². The van der Waals surface area contributed by atoms with Crippen molar-refractivity contribution in [1.82, 2.24) is 4.90 Å². The molecule has 22 heavy (non-hydrogen) atoms. The van der Waals surface area contributed by atoms with E-state index in [9.17, 15) is 9.90 Å². The Morgan fingerprint density at radius 1 is 1.27 bits per heavy atom. The third-order valence-electron chi connectivity index (χ3n) is 5.11. The van der Waals surface area contributed by atoms with Crippen molar-refractivity contribution in [3.8, 4) is 0 Å². The number of carbonyl (C=O) groups is 1. The minimum atomic E-state index is -0.664. The highest BCUT2D eigenvalue weighted by molar-refractivity contribution is 5.69. The van der Waals surface area contributed by atoms with E-state index in [1.165, 1.54) is 0 Å². The number of amides is 1. The molecular formula is C17H29NO4. The largest absolute Gasteiger partial charge is 0.444 e. The maximum atomic E-state index is 12.4. The quantitative estimate of drug-likeness (QED) is 0.852. The molecule has 1 N–H and O–H groups in total. The van der Waals surface area contributed by atoms with Gasteiger partial charge in [0.2, 0.25) is 0 Å². The monoisotopic (exact) mass is 311 g/mol. The van der Waals surface area contributed by atoms with Crippen LogP contribution in [-0.4, -0.2) is 52.6 Å². The van der Waals surface area contributed by atoms with Crippen molar-refractivity contribution in [2.75, 3.05) is 13.2 Å². The predicted molar refractivity (Wildman–Crippen MR) is 82.6 cm³/mol. The minimum Gasteiger partial charge on any atom is -0.444 e. The molecule has 126 valence electrons. The Morgan fingerprint density at radius 2 is 1.82 bits per heavy atom. The first kappa shape index (κ1) is 16.1. The van der Waals surface area contributed by atoms with E-state index in [2.05, 4.69) is 6.92 Å². The van der Waals surface area contributed by atoms with E-state index in [0.717, 1.165) is 32.5 Å². The van der Waals surface area contributed by atoms with Crippen molar-refractivity contribution < 1.29 is 19.4 Å². The van der Waals surface area contributed by atoms with E-state index >= 15 is 0 Å². The maximum Gasteiger partial charge on any atom is 0.410 e. The van der Waals surface area contributed by atoms with Gasteiger partial charge in [0, 0.05) is 17.5 Å². The van der Waals surface area contributed by atoms with Gasteiger partial charge in [-0.3, -0.25) is 0 Å². The summed E-state index contributed by atoms with van der Waals surface area (Å²) < 4.78 is 10.9. The molecule has 0 aromatic carbocycles. The molecule has 3 saturated heterocycles. The summed E-state index contributed by atoms with van der Waals surface area (Å²) in [6.45, 7) is 9.33. The first-order valence-electron chi connectivity index (χ1n) is 8.41. The first-order chi connectivity index (χ1) is 10.1. The average Bonchev–Trinajstić information content (AvgIpc) is 2.58. The molecule has 3 rings (SSSR count). The molecule has 0 aromatic heterocycles. The van der Waals surface area contributed by atoms with Crippen LogP contribution in [-0.2, 0) is 9.47 Å². The molecule has 0 aliphatic carbocycles. The summed E-state index contributed by atoms with van der Waals surface area (Å²) >= 11 is 0. The second-order valence-corrected chi connectivity index (χ2v) is 8.89. The summed E-state index contributed by atoms with van der Waals surface area (Å²) in [4.78, 5) is 14.3. The van der Waals surface area contributed by atoms with Gasteiger partial charge in [-0.05, 0) is 52.9 Å². The molecule has 3 fully saturated rings. The zero-order valence-corrected chi connectivity index (χ0v) is 14.2. The summed E-state index contributed by atoms with van der Waals surface area (Å²) in [5, 5.41) is 11.1. The smallest absolute Gasteiger partial charge is 0.410 e. The van der Waals surface area contributed by atoms with Gasteiger partial charge in [-0.1, -0.05) is 6.92 Å². The Morgan fingerprint density at radius 3 is 2.23 bits per heavy atom. The van der Waals surface area contributed by atoms with Crippen molar-refractivity contribution in [2.24, 2.45) is 5.41 Å². The number of hydrogen-bond acceptors (Lipinski definition) is 4. The van der Waals surface area contributed by atoms with E-state index in [1.807, 2.05) is 25.7 Å². The first-order valence-corrected chi connectivity index (χ1v) is 8.41. The lowest BCUT2D eigenvalue weighted by Crippen LogP contribution is -2.57. The van der Waals surface area contributed by atoms with Crippen molar-refractivity contribution in [3.05, 3.63) is 0 Å². The van der Waals surface area contributed by atoms with Crippen molar-refractivity contribution >= 4 is 6.09 Å². The molecular weight excluding hydrogens is 282 g/mol. The van der Waals surface area contributed by atoms with Crippen molar-refractivity contribution in [2.45, 2.75) is 83.1 Å². The number of hydrogen-bond donors (Lipinski definition) is 1. The fraction of sp³-hybridized carbons (Fsp3) is 0.941. The van der Waals surface area contributed by atoms with Gasteiger partial charge in [0.15, 0.2) is 0 Å². The van der Waals surface area contributed by atoms with Gasteiger partial charge >= 0.3 is 6.09 Å². The Kier molecular flexibility index (Phi) is 3.72. The highest BCUT2D eigenvalue weighted by Crippen LogP contribution is 2.47. The zero-order chi connectivity index (χ0) is 16.2. The Bertz CT molecular complexity index is 438. The molecule has 0 aromatic rings. The number of fused-ring (bicyclic) bond motifs is 2. The zero-order valence-electron chi connectivity index (χ0n) is 14.2. The van der Waals surface area contributed by atoms with Crippen molar-refractivity contribution in [3.63, 3.8) is 0 Å². The molecule has 3 heterocycles. The lowest BCUT2D eigenvalue weighted by Gasteiger charge is -2.49. The van der Waals surface area contributed by atoms with Crippen LogP contribution in [0.15, 0.2) is 0 Å². The molecule has 2 unspecified atom stereocenters. The van der Waals surface area contributed by atoms with E-state index in [1.54, 1.807) is 0 Å². The van der Waals surface area contributed by atoms with E-state index in [-0.39, 0.29) is 23.6 Å². The number of ether oxygens (including phenoxy) is 2. The number of rotatable bonds is 2. The van der Waals surface area contributed by atoms with Gasteiger partial charge in [-0.2, -0.15) is 0 Å². The molecule has 2 bridgehead atoms. The van der Waals surface area contributed by atoms with Crippen LogP contribution in [0, 0.1) is 5.41 Å². The van der Waals surface area contributed by atoms with Gasteiger partial charge in [0.1, 0.15) is 5.60 Å². The molecule has 0 spiro atoms. The molecule has 3 aliphatic rings. The van der Waals surface area contributed by atoms with Gasteiger partial charge in [0.25, 0.3) is 0 Å². The fourth-order valence-corrected chi connectivity index (χ4v) is 4.43. The number of nitrogens with zero attached hydrogens (tertiary/aromatic N) is 1. The number of aliphatic hydroxyl groups is 1. The summed E-state index contributed by atoms with van der Waals surface area (Å²) in [6, 6.07) is 0.228. The summed E-state index contributed by atoms with van der Waals surface area (Å²) in [5.74, 6) is 0. The van der Waals surface area contributed by atoms with E-state index in [0.29, 0.717) is 12.8 Å². The topological polar surface area (TPSA) is 59.0 Å². The van der Waals surface area contributed by atoms with Crippen LogP contribution in [0.5, 0.6) is 0 Å². The van der Waals surface area contributed by atoms with Gasteiger partial charge in [-0.15, -0.1) is 0 Å². The highest BCUT2D eigenvalue weighted by Gasteiger charge is 2.53. The SMILES string of the molecule is CC1(CC2(O)CC3CCC(C2)N3C(=O)OC(C)(C)C)COC1. The number of piperidine rings is 1. The lowest BCUT2D eigenvalue weighted by atomic mass is 9.72. The lowest BCUT2D eigenvalue weighted by molar-refractivity contribution is -0.157. The Balaban J connectivity index is 1.67. The third kappa shape index (κ3) is 3.11. The Hall–Kier alpha value is -0.810. The average molecular weight is 311 g/mol. The second kappa shape index (κ2) is 5.10. The van der Waals surface area contributed by atoms with Crippen LogP contribution in [0.1, 0.15) is 59.8 Å². The second-order valence-electron chi connectivity index (χ2n) is 8.89.